The van der Waals surface area contributed by atoms with Crippen molar-refractivity contribution in [3.8, 4) is 0 Å². The van der Waals surface area contributed by atoms with Crippen LogP contribution in [0.15, 0.2) is 81.1 Å². The van der Waals surface area contributed by atoms with Gasteiger partial charge in [0, 0.05) is 11.5 Å². The Morgan fingerprint density at radius 2 is 1.78 bits per heavy atom. The highest BCUT2D eigenvalue weighted by atomic mass is 16.4. The van der Waals surface area contributed by atoms with Gasteiger partial charge in [-0.3, -0.25) is 4.79 Å². The lowest BCUT2D eigenvalue weighted by Crippen LogP contribution is -1.94. The third kappa shape index (κ3) is 5.08. The first-order valence-corrected chi connectivity index (χ1v) is 7.27. The van der Waals surface area contributed by atoms with E-state index in [2.05, 4.69) is 0 Å². The van der Waals surface area contributed by atoms with Crippen LogP contribution in [-0.4, -0.2) is 6.29 Å². The molecular weight excluding hydrogens is 288 g/mol. The van der Waals surface area contributed by atoms with Crippen molar-refractivity contribution in [1.82, 2.24) is 0 Å². The molecule has 2 aromatic rings. The summed E-state index contributed by atoms with van der Waals surface area (Å²) < 4.78 is 5.11. The van der Waals surface area contributed by atoms with Crippen LogP contribution in [0.3, 0.4) is 0 Å². The Balaban J connectivity index is 2.13. The third-order valence-corrected chi connectivity index (χ3v) is 3.23. The number of carbonyl (C=O) groups is 1. The van der Waals surface area contributed by atoms with Gasteiger partial charge in [-0.25, -0.2) is 4.79 Å². The molecule has 0 aliphatic carbocycles. The Labute approximate surface area is 134 Å². The normalized spacial score (nSPS) is 13.3. The molecule has 0 N–H and O–H groups in total. The number of benzene rings is 1. The predicted molar refractivity (Wildman–Crippen MR) is 94.2 cm³/mol. The summed E-state index contributed by atoms with van der Waals surface area (Å²) in [5.74, 6) is 0. The van der Waals surface area contributed by atoms with Gasteiger partial charge < -0.3 is 4.42 Å². The summed E-state index contributed by atoms with van der Waals surface area (Å²) in [7, 11) is 0. The van der Waals surface area contributed by atoms with E-state index in [0.717, 1.165) is 28.4 Å². The molecule has 0 saturated carbocycles. The van der Waals surface area contributed by atoms with E-state index in [1.54, 1.807) is 12.1 Å². The highest BCUT2D eigenvalue weighted by Crippen LogP contribution is 2.15. The van der Waals surface area contributed by atoms with Crippen LogP contribution in [0.5, 0.6) is 0 Å². The van der Waals surface area contributed by atoms with Crippen LogP contribution < -0.4 is 5.63 Å². The van der Waals surface area contributed by atoms with Gasteiger partial charge in [0.05, 0.1) is 0 Å². The van der Waals surface area contributed by atoms with Gasteiger partial charge in [-0.1, -0.05) is 42.0 Å². The SMILES string of the molecule is CC(/C=C/C=C(C)/C=C/c1ccc2oc(=O)ccc2c1)=C\C=O. The molecule has 3 nitrogen and oxygen atoms in total. The zero-order valence-electron chi connectivity index (χ0n) is 13.2. The maximum Gasteiger partial charge on any atom is 0.336 e. The number of fused-ring (bicyclic) bond motifs is 1. The Hall–Kier alpha value is -2.94. The predicted octanol–water partition coefficient (Wildman–Crippen LogP) is 4.45. The molecule has 0 spiro atoms. The molecule has 0 aliphatic heterocycles. The molecule has 0 atom stereocenters. The number of hydrogen-bond donors (Lipinski definition) is 0. The van der Waals surface area contributed by atoms with Crippen molar-refractivity contribution in [3.63, 3.8) is 0 Å². The highest BCUT2D eigenvalue weighted by Gasteiger charge is 1.97. The second-order valence-electron chi connectivity index (χ2n) is 5.20. The Morgan fingerprint density at radius 3 is 2.57 bits per heavy atom. The molecule has 0 radical (unpaired) electrons. The van der Waals surface area contributed by atoms with Crippen molar-refractivity contribution in [2.45, 2.75) is 13.8 Å². The number of hydrogen-bond acceptors (Lipinski definition) is 3. The van der Waals surface area contributed by atoms with Gasteiger partial charge in [0.2, 0.25) is 0 Å². The zero-order chi connectivity index (χ0) is 16.7. The van der Waals surface area contributed by atoms with E-state index in [1.807, 2.05) is 56.4 Å². The molecule has 1 heterocycles. The van der Waals surface area contributed by atoms with Crippen molar-refractivity contribution in [1.29, 1.82) is 0 Å². The van der Waals surface area contributed by atoms with Crippen molar-refractivity contribution >= 4 is 23.3 Å². The second-order valence-corrected chi connectivity index (χ2v) is 5.20. The van der Waals surface area contributed by atoms with E-state index < -0.39 is 0 Å². The summed E-state index contributed by atoms with van der Waals surface area (Å²) >= 11 is 0. The van der Waals surface area contributed by atoms with Crippen LogP contribution in [0.1, 0.15) is 19.4 Å². The topological polar surface area (TPSA) is 47.3 Å². The number of rotatable bonds is 5. The van der Waals surface area contributed by atoms with E-state index in [0.29, 0.717) is 5.58 Å². The van der Waals surface area contributed by atoms with Gasteiger partial charge in [0.25, 0.3) is 0 Å². The van der Waals surface area contributed by atoms with Crippen LogP contribution in [0, 0.1) is 0 Å². The molecular formula is C20H18O3. The van der Waals surface area contributed by atoms with Crippen LogP contribution in [0.2, 0.25) is 0 Å². The lowest BCUT2D eigenvalue weighted by molar-refractivity contribution is -0.104. The minimum absolute atomic E-state index is 0.342. The quantitative estimate of drug-likeness (QED) is 0.355. The molecule has 1 aromatic heterocycles. The molecule has 23 heavy (non-hydrogen) atoms. The van der Waals surface area contributed by atoms with Crippen molar-refractivity contribution in [2.75, 3.05) is 0 Å². The molecule has 0 unspecified atom stereocenters. The summed E-state index contributed by atoms with van der Waals surface area (Å²) in [6, 6.07) is 8.84. The van der Waals surface area contributed by atoms with Gasteiger partial charge in [-0.2, -0.15) is 0 Å². The van der Waals surface area contributed by atoms with Gasteiger partial charge in [-0.05, 0) is 49.3 Å². The number of allylic oxidation sites excluding steroid dienone is 7. The van der Waals surface area contributed by atoms with Crippen molar-refractivity contribution in [3.05, 3.63) is 87.8 Å². The van der Waals surface area contributed by atoms with Crippen LogP contribution in [-0.2, 0) is 4.79 Å². The van der Waals surface area contributed by atoms with Crippen molar-refractivity contribution < 1.29 is 9.21 Å². The summed E-state index contributed by atoms with van der Waals surface area (Å²) in [6.07, 6.45) is 12.1. The molecule has 2 rings (SSSR count). The summed E-state index contributed by atoms with van der Waals surface area (Å²) in [6.45, 7) is 3.87. The fraction of sp³-hybridized carbons (Fsp3) is 0.100. The van der Waals surface area contributed by atoms with E-state index in [-0.39, 0.29) is 5.63 Å². The van der Waals surface area contributed by atoms with E-state index >= 15 is 0 Å². The average Bonchev–Trinajstić information content (AvgIpc) is 2.53. The first-order chi connectivity index (χ1) is 11.1. The van der Waals surface area contributed by atoms with Crippen LogP contribution >= 0.6 is 0 Å². The second kappa shape index (κ2) is 7.90. The molecule has 0 aliphatic rings. The van der Waals surface area contributed by atoms with Gasteiger partial charge in [0.1, 0.15) is 11.9 Å². The summed E-state index contributed by atoms with van der Waals surface area (Å²) in [5.41, 5.74) is 3.26. The van der Waals surface area contributed by atoms with Crippen molar-refractivity contribution in [2.24, 2.45) is 0 Å². The van der Waals surface area contributed by atoms with Crippen LogP contribution in [0.25, 0.3) is 17.0 Å². The fourth-order valence-electron chi connectivity index (χ4n) is 1.99. The first-order valence-electron chi connectivity index (χ1n) is 7.27. The minimum Gasteiger partial charge on any atom is -0.423 e. The van der Waals surface area contributed by atoms with E-state index in [9.17, 15) is 9.59 Å². The van der Waals surface area contributed by atoms with Gasteiger partial charge in [0.15, 0.2) is 0 Å². The minimum atomic E-state index is -0.342. The van der Waals surface area contributed by atoms with Crippen LogP contribution in [0.4, 0.5) is 0 Å². The molecule has 3 heteroatoms. The standard InChI is InChI=1S/C20H18O3/c1-15(4-3-5-16(2)12-13-21)6-7-17-8-10-19-18(14-17)9-11-20(22)23-19/h3-14H,1-2H3/b5-3+,7-6+,15-4+,16-12+. The third-order valence-electron chi connectivity index (χ3n) is 3.23. The highest BCUT2D eigenvalue weighted by molar-refractivity contribution is 5.79. The smallest absolute Gasteiger partial charge is 0.336 e. The maximum atomic E-state index is 11.2. The average molecular weight is 306 g/mol. The molecule has 116 valence electrons. The molecule has 0 bridgehead atoms. The van der Waals surface area contributed by atoms with Gasteiger partial charge in [-0.15, -0.1) is 0 Å². The fourth-order valence-corrected chi connectivity index (χ4v) is 1.99. The largest absolute Gasteiger partial charge is 0.423 e. The Morgan fingerprint density at radius 1 is 1.00 bits per heavy atom. The Bertz CT molecular complexity index is 877. The molecule has 0 fully saturated rings. The van der Waals surface area contributed by atoms with E-state index in [4.69, 9.17) is 4.42 Å². The molecule has 0 saturated heterocycles. The maximum absolute atomic E-state index is 11.2. The monoisotopic (exact) mass is 306 g/mol. The number of aldehydes is 1. The lowest BCUT2D eigenvalue weighted by atomic mass is 10.1. The molecule has 1 aromatic carbocycles. The van der Waals surface area contributed by atoms with Gasteiger partial charge >= 0.3 is 5.63 Å². The summed E-state index contributed by atoms with van der Waals surface area (Å²) in [5, 5.41) is 0.892. The number of carbonyl (C=O) groups excluding carboxylic acids is 1. The summed E-state index contributed by atoms with van der Waals surface area (Å²) in [4.78, 5) is 21.5. The zero-order valence-corrected chi connectivity index (χ0v) is 13.2. The first kappa shape index (κ1) is 16.4. The Kier molecular flexibility index (Phi) is 5.64. The molecule has 0 amide bonds. The lowest BCUT2D eigenvalue weighted by Gasteiger charge is -1.98. The van der Waals surface area contributed by atoms with E-state index in [1.165, 1.54) is 12.1 Å².